The maximum atomic E-state index is 12.6. The quantitative estimate of drug-likeness (QED) is 0.150. The summed E-state index contributed by atoms with van der Waals surface area (Å²) in [5.41, 5.74) is 0. The smallest absolute Gasteiger partial charge is 0.313 e. The predicted molar refractivity (Wildman–Crippen MR) is 130 cm³/mol. The Hall–Kier alpha value is -0.766. The van der Waals surface area contributed by atoms with E-state index in [1.54, 1.807) is 6.92 Å². The van der Waals surface area contributed by atoms with Crippen molar-refractivity contribution in [3.8, 4) is 0 Å². The maximum Gasteiger partial charge on any atom is 0.313 e. The van der Waals surface area contributed by atoms with E-state index < -0.39 is 22.6 Å². The average Bonchev–Trinajstić information content (AvgIpc) is 2.51. The molecule has 0 spiro atoms. The second-order valence-corrected chi connectivity index (χ2v) is 20.6. The Labute approximate surface area is 187 Å². The largest absolute Gasteiger partial charge is 0.466 e. The van der Waals surface area contributed by atoms with Crippen molar-refractivity contribution < 1.29 is 23.2 Å². The van der Waals surface area contributed by atoms with Crippen LogP contribution < -0.4 is 0 Å². The molecule has 5 nitrogen and oxygen atoms in total. The summed E-state index contributed by atoms with van der Waals surface area (Å²) in [6, 6.07) is 0. The average molecular weight is 459 g/mol. The van der Waals surface area contributed by atoms with Gasteiger partial charge in [0.05, 0.1) is 18.8 Å². The number of hydrogen-bond donors (Lipinski definition) is 0. The molecule has 0 aliphatic heterocycles. The molecule has 2 atom stereocenters. The van der Waals surface area contributed by atoms with Crippen LogP contribution in [0, 0.1) is 0 Å². The molecule has 0 radical (unpaired) electrons. The molecule has 0 aliphatic rings. The lowest BCUT2D eigenvalue weighted by Crippen LogP contribution is -2.47. The van der Waals surface area contributed by atoms with Crippen molar-refractivity contribution in [3.05, 3.63) is 12.7 Å². The molecule has 0 saturated carbocycles. The van der Waals surface area contributed by atoms with E-state index in [2.05, 4.69) is 74.3 Å². The molecular formula is C23H46O5Si2. The fraction of sp³-hybridized carbons (Fsp3) is 0.826. The Balaban J connectivity index is 5.52. The summed E-state index contributed by atoms with van der Waals surface area (Å²) in [5, 5.41) is 0.0865. The summed E-state index contributed by atoms with van der Waals surface area (Å²) in [5.74, 6) is -0.640. The highest BCUT2D eigenvalue weighted by Crippen LogP contribution is 2.40. The molecule has 0 aromatic heterocycles. The maximum absolute atomic E-state index is 12.6. The second-order valence-electron chi connectivity index (χ2n) is 11.1. The highest BCUT2D eigenvalue weighted by atomic mass is 28.4. The van der Waals surface area contributed by atoms with Gasteiger partial charge in [-0.15, -0.1) is 6.58 Å². The molecule has 0 aliphatic carbocycles. The number of ketones is 1. The van der Waals surface area contributed by atoms with E-state index in [1.165, 1.54) is 0 Å². The third-order valence-electron chi connectivity index (χ3n) is 6.38. The highest BCUT2D eigenvalue weighted by Gasteiger charge is 2.42. The van der Waals surface area contributed by atoms with E-state index in [0.29, 0.717) is 6.42 Å². The Bertz CT molecular complexity index is 585. The standard InChI is InChI=1S/C23H46O5Si2/c1-13-19(27-29(9,10)22(3,4)5)17-20(28-30(11,12)23(6,7)8)15-18(24)16-21(25)26-14-2/h13,19-20H,1,14-17H2,2-12H3/t19-,20-/m1/s1. The Morgan fingerprint density at radius 1 is 0.933 bits per heavy atom. The van der Waals surface area contributed by atoms with Crippen molar-refractivity contribution in [3.63, 3.8) is 0 Å². The number of Topliss-reactive ketones (excluding diaryl/α,β-unsaturated/α-hetero) is 1. The van der Waals surface area contributed by atoms with E-state index in [-0.39, 0.29) is 47.5 Å². The number of ether oxygens (including phenoxy) is 1. The molecule has 0 aromatic rings. The molecule has 176 valence electrons. The van der Waals surface area contributed by atoms with Crippen molar-refractivity contribution in [1.82, 2.24) is 0 Å². The Kier molecular flexibility index (Phi) is 10.9. The topological polar surface area (TPSA) is 61.8 Å². The van der Waals surface area contributed by atoms with Gasteiger partial charge in [0, 0.05) is 12.8 Å². The number of rotatable bonds is 12. The van der Waals surface area contributed by atoms with Crippen LogP contribution in [0.25, 0.3) is 0 Å². The highest BCUT2D eigenvalue weighted by molar-refractivity contribution is 6.74. The number of carbonyl (C=O) groups is 2. The van der Waals surface area contributed by atoms with Gasteiger partial charge in [-0.05, 0) is 43.2 Å². The number of esters is 1. The first-order valence-corrected chi connectivity index (χ1v) is 16.8. The molecule has 0 unspecified atom stereocenters. The van der Waals surface area contributed by atoms with Gasteiger partial charge in [-0.25, -0.2) is 0 Å². The Morgan fingerprint density at radius 3 is 1.80 bits per heavy atom. The van der Waals surface area contributed by atoms with Gasteiger partial charge in [-0.1, -0.05) is 47.6 Å². The first-order valence-electron chi connectivity index (χ1n) is 11.0. The molecule has 0 amide bonds. The monoisotopic (exact) mass is 458 g/mol. The van der Waals surface area contributed by atoms with Gasteiger partial charge in [-0.3, -0.25) is 9.59 Å². The second kappa shape index (κ2) is 11.2. The predicted octanol–water partition coefficient (Wildman–Crippen LogP) is 6.26. The molecule has 7 heteroatoms. The summed E-state index contributed by atoms with van der Waals surface area (Å²) in [6.45, 7) is 27.9. The van der Waals surface area contributed by atoms with Crippen LogP contribution in [-0.4, -0.2) is 47.2 Å². The third kappa shape index (κ3) is 9.58. The minimum Gasteiger partial charge on any atom is -0.466 e. The molecular weight excluding hydrogens is 412 g/mol. The van der Waals surface area contributed by atoms with Gasteiger partial charge in [0.15, 0.2) is 16.6 Å². The summed E-state index contributed by atoms with van der Waals surface area (Å²) >= 11 is 0. The third-order valence-corrected chi connectivity index (χ3v) is 15.4. The van der Waals surface area contributed by atoms with Gasteiger partial charge in [0.2, 0.25) is 0 Å². The first kappa shape index (κ1) is 29.2. The molecule has 0 N–H and O–H groups in total. The van der Waals surface area contributed by atoms with E-state index in [9.17, 15) is 9.59 Å². The summed E-state index contributed by atoms with van der Waals surface area (Å²) in [7, 11) is -4.11. The lowest BCUT2D eigenvalue weighted by molar-refractivity contribution is -0.145. The first-order chi connectivity index (χ1) is 13.4. The van der Waals surface area contributed by atoms with Crippen LogP contribution >= 0.6 is 0 Å². The molecule has 30 heavy (non-hydrogen) atoms. The van der Waals surface area contributed by atoms with Crippen LogP contribution in [0.5, 0.6) is 0 Å². The fourth-order valence-corrected chi connectivity index (χ4v) is 5.14. The summed E-state index contributed by atoms with van der Waals surface area (Å²) < 4.78 is 18.1. The molecule has 0 aromatic carbocycles. The van der Waals surface area contributed by atoms with E-state index >= 15 is 0 Å². The molecule has 0 heterocycles. The van der Waals surface area contributed by atoms with Crippen molar-refractivity contribution in [1.29, 1.82) is 0 Å². The number of hydrogen-bond acceptors (Lipinski definition) is 5. The van der Waals surface area contributed by atoms with Gasteiger partial charge in [-0.2, -0.15) is 0 Å². The van der Waals surface area contributed by atoms with Crippen LogP contribution in [0.15, 0.2) is 12.7 Å². The van der Waals surface area contributed by atoms with Crippen LogP contribution in [0.1, 0.15) is 67.7 Å². The van der Waals surface area contributed by atoms with Crippen LogP contribution in [0.4, 0.5) is 0 Å². The van der Waals surface area contributed by atoms with Crippen molar-refractivity contribution in [2.75, 3.05) is 6.61 Å². The molecule has 0 saturated heterocycles. The lowest BCUT2D eigenvalue weighted by Gasteiger charge is -2.42. The van der Waals surface area contributed by atoms with Gasteiger partial charge < -0.3 is 13.6 Å². The van der Waals surface area contributed by atoms with Gasteiger partial charge >= 0.3 is 5.97 Å². The SMILES string of the molecule is C=C[C@H](C[C@@H](CC(=O)CC(=O)OCC)O[Si](C)(C)C(C)(C)C)O[Si](C)(C)C(C)(C)C. The zero-order chi connectivity index (χ0) is 24.0. The zero-order valence-electron chi connectivity index (χ0n) is 21.3. The molecule has 0 rings (SSSR count). The Morgan fingerprint density at radius 2 is 1.40 bits per heavy atom. The van der Waals surface area contributed by atoms with Gasteiger partial charge in [0.1, 0.15) is 12.2 Å². The minimum absolute atomic E-state index is 0.0133. The van der Waals surface area contributed by atoms with E-state index in [1.807, 2.05) is 6.08 Å². The van der Waals surface area contributed by atoms with E-state index in [0.717, 1.165) is 0 Å². The normalized spacial score (nSPS) is 15.4. The molecule has 0 bridgehead atoms. The zero-order valence-corrected chi connectivity index (χ0v) is 23.3. The summed E-state index contributed by atoms with van der Waals surface area (Å²) in [6.07, 6.45) is 1.82. The van der Waals surface area contributed by atoms with Crippen LogP contribution in [-0.2, 0) is 23.2 Å². The van der Waals surface area contributed by atoms with Crippen molar-refractivity contribution in [2.24, 2.45) is 0 Å². The molecule has 0 fully saturated rings. The van der Waals surface area contributed by atoms with Crippen molar-refractivity contribution in [2.45, 2.75) is 116 Å². The van der Waals surface area contributed by atoms with Gasteiger partial charge in [0.25, 0.3) is 0 Å². The summed E-state index contributed by atoms with van der Waals surface area (Å²) in [4.78, 5) is 24.3. The van der Waals surface area contributed by atoms with E-state index in [4.69, 9.17) is 13.6 Å². The number of carbonyl (C=O) groups excluding carboxylic acids is 2. The minimum atomic E-state index is -2.11. The van der Waals surface area contributed by atoms with Crippen molar-refractivity contribution >= 4 is 28.4 Å². The van der Waals surface area contributed by atoms with Crippen LogP contribution in [0.2, 0.25) is 36.3 Å². The van der Waals surface area contributed by atoms with Crippen LogP contribution in [0.3, 0.4) is 0 Å². The lowest BCUT2D eigenvalue weighted by atomic mass is 10.0. The fourth-order valence-electron chi connectivity index (χ4n) is 2.47.